The summed E-state index contributed by atoms with van der Waals surface area (Å²) in [6.07, 6.45) is 1.45. The molecule has 0 unspecified atom stereocenters. The van der Waals surface area contributed by atoms with E-state index in [-0.39, 0.29) is 5.75 Å². The number of para-hydroxylation sites is 1. The molecule has 1 N–H and O–H groups in total. The summed E-state index contributed by atoms with van der Waals surface area (Å²) < 4.78 is 6.59. The highest BCUT2D eigenvalue weighted by Gasteiger charge is 2.18. The standard InChI is InChI=1S/C13H10N4O3S/c18-11(19)8-21-13-15-14-12(10-6-7-20-16-10)17(13)9-4-2-1-3-5-9/h1-7H,8H2,(H,18,19). The summed E-state index contributed by atoms with van der Waals surface area (Å²) in [5, 5.41) is 21.3. The Balaban J connectivity index is 2.08. The van der Waals surface area contributed by atoms with Gasteiger partial charge in [0.25, 0.3) is 0 Å². The average molecular weight is 302 g/mol. The summed E-state index contributed by atoms with van der Waals surface area (Å²) in [5.41, 5.74) is 1.36. The highest BCUT2D eigenvalue weighted by atomic mass is 32.2. The molecule has 3 rings (SSSR count). The molecular weight excluding hydrogens is 292 g/mol. The molecule has 0 aliphatic carbocycles. The van der Waals surface area contributed by atoms with Gasteiger partial charge in [0.1, 0.15) is 6.26 Å². The van der Waals surface area contributed by atoms with Crippen molar-refractivity contribution in [2.75, 3.05) is 5.75 Å². The smallest absolute Gasteiger partial charge is 0.313 e. The van der Waals surface area contributed by atoms with E-state index in [9.17, 15) is 4.79 Å². The molecule has 0 aliphatic rings. The summed E-state index contributed by atoms with van der Waals surface area (Å²) >= 11 is 1.10. The Labute approximate surface area is 123 Å². The number of aromatic nitrogens is 4. The maximum atomic E-state index is 10.8. The van der Waals surface area contributed by atoms with Gasteiger partial charge in [0.05, 0.1) is 5.75 Å². The van der Waals surface area contributed by atoms with Crippen LogP contribution in [0.25, 0.3) is 17.2 Å². The molecule has 8 heteroatoms. The number of nitrogens with zero attached hydrogens (tertiary/aromatic N) is 4. The van der Waals surface area contributed by atoms with Crippen molar-refractivity contribution in [1.29, 1.82) is 0 Å². The SMILES string of the molecule is O=C(O)CSc1nnc(-c2ccon2)n1-c1ccccc1. The number of hydrogen-bond acceptors (Lipinski definition) is 6. The predicted molar refractivity (Wildman–Crippen MR) is 75.2 cm³/mol. The van der Waals surface area contributed by atoms with Crippen molar-refractivity contribution in [3.63, 3.8) is 0 Å². The lowest BCUT2D eigenvalue weighted by molar-refractivity contribution is -0.133. The monoisotopic (exact) mass is 302 g/mol. The third-order valence-electron chi connectivity index (χ3n) is 2.64. The van der Waals surface area contributed by atoms with Crippen LogP contribution in [0.2, 0.25) is 0 Å². The third-order valence-corrected chi connectivity index (χ3v) is 3.55. The second-order valence-electron chi connectivity index (χ2n) is 4.04. The lowest BCUT2D eigenvalue weighted by Crippen LogP contribution is -2.03. The van der Waals surface area contributed by atoms with Gasteiger partial charge in [-0.15, -0.1) is 10.2 Å². The zero-order valence-electron chi connectivity index (χ0n) is 10.7. The van der Waals surface area contributed by atoms with E-state index in [4.69, 9.17) is 9.63 Å². The minimum Gasteiger partial charge on any atom is -0.481 e. The molecular formula is C13H10N4O3S. The van der Waals surface area contributed by atoms with E-state index in [1.807, 2.05) is 30.3 Å². The van der Waals surface area contributed by atoms with E-state index in [1.165, 1.54) is 6.26 Å². The van der Waals surface area contributed by atoms with Crippen molar-refractivity contribution < 1.29 is 14.4 Å². The van der Waals surface area contributed by atoms with Gasteiger partial charge in [0, 0.05) is 11.8 Å². The Bertz CT molecular complexity index is 740. The summed E-state index contributed by atoms with van der Waals surface area (Å²) in [6.45, 7) is 0. The van der Waals surface area contributed by atoms with Crippen LogP contribution in [-0.2, 0) is 4.79 Å². The van der Waals surface area contributed by atoms with E-state index in [1.54, 1.807) is 10.6 Å². The zero-order valence-corrected chi connectivity index (χ0v) is 11.5. The summed E-state index contributed by atoms with van der Waals surface area (Å²) in [7, 11) is 0. The molecule has 21 heavy (non-hydrogen) atoms. The van der Waals surface area contributed by atoms with Crippen LogP contribution in [0, 0.1) is 0 Å². The normalized spacial score (nSPS) is 10.7. The molecule has 7 nitrogen and oxygen atoms in total. The molecule has 2 aromatic heterocycles. The molecule has 106 valence electrons. The fourth-order valence-electron chi connectivity index (χ4n) is 1.79. The molecule has 0 spiro atoms. The number of rotatable bonds is 5. The fourth-order valence-corrected chi connectivity index (χ4v) is 2.47. The van der Waals surface area contributed by atoms with E-state index < -0.39 is 5.97 Å². The van der Waals surface area contributed by atoms with Gasteiger partial charge in [0.2, 0.25) is 0 Å². The van der Waals surface area contributed by atoms with Crippen LogP contribution >= 0.6 is 11.8 Å². The quantitative estimate of drug-likeness (QED) is 0.721. The molecule has 0 bridgehead atoms. The Morgan fingerprint density at radius 1 is 1.24 bits per heavy atom. The maximum Gasteiger partial charge on any atom is 0.313 e. The van der Waals surface area contributed by atoms with Crippen LogP contribution in [0.3, 0.4) is 0 Å². The van der Waals surface area contributed by atoms with Crippen LogP contribution < -0.4 is 0 Å². The average Bonchev–Trinajstić information content (AvgIpc) is 3.15. The topological polar surface area (TPSA) is 94.0 Å². The molecule has 0 saturated heterocycles. The van der Waals surface area contributed by atoms with Gasteiger partial charge < -0.3 is 9.63 Å². The van der Waals surface area contributed by atoms with Crippen molar-refractivity contribution in [2.45, 2.75) is 5.16 Å². The summed E-state index contributed by atoms with van der Waals surface area (Å²) in [4.78, 5) is 10.8. The first-order valence-electron chi connectivity index (χ1n) is 6.02. The molecule has 0 radical (unpaired) electrons. The van der Waals surface area contributed by atoms with Gasteiger partial charge in [-0.05, 0) is 12.1 Å². The molecule has 0 amide bonds. The number of carboxylic acids is 1. The van der Waals surface area contributed by atoms with Gasteiger partial charge in [-0.1, -0.05) is 35.1 Å². The summed E-state index contributed by atoms with van der Waals surface area (Å²) in [5.74, 6) is -0.502. The van der Waals surface area contributed by atoms with Gasteiger partial charge in [-0.2, -0.15) is 0 Å². The number of benzene rings is 1. The second-order valence-corrected chi connectivity index (χ2v) is 4.99. The van der Waals surface area contributed by atoms with Crippen LogP contribution in [-0.4, -0.2) is 36.7 Å². The van der Waals surface area contributed by atoms with Crippen LogP contribution in [0.15, 0.2) is 52.3 Å². The number of carboxylic acid groups (broad SMARTS) is 1. The molecule has 0 saturated carbocycles. The van der Waals surface area contributed by atoms with Crippen LogP contribution in [0.1, 0.15) is 0 Å². The van der Waals surface area contributed by atoms with Crippen molar-refractivity contribution in [2.24, 2.45) is 0 Å². The highest BCUT2D eigenvalue weighted by Crippen LogP contribution is 2.26. The maximum absolute atomic E-state index is 10.8. The Kier molecular flexibility index (Phi) is 3.69. The second kappa shape index (κ2) is 5.80. The fraction of sp³-hybridized carbons (Fsp3) is 0.0769. The third kappa shape index (κ3) is 2.79. The molecule has 2 heterocycles. The van der Waals surface area contributed by atoms with Crippen LogP contribution in [0.5, 0.6) is 0 Å². The van der Waals surface area contributed by atoms with Crippen molar-refractivity contribution in [1.82, 2.24) is 19.9 Å². The molecule has 0 aliphatic heterocycles. The number of hydrogen-bond donors (Lipinski definition) is 1. The lowest BCUT2D eigenvalue weighted by atomic mass is 10.3. The Hall–Kier alpha value is -2.61. The van der Waals surface area contributed by atoms with Crippen LogP contribution in [0.4, 0.5) is 0 Å². The number of thioether (sulfide) groups is 1. The number of carbonyl (C=O) groups is 1. The minimum absolute atomic E-state index is 0.0935. The van der Waals surface area contributed by atoms with Gasteiger partial charge in [-0.3, -0.25) is 9.36 Å². The minimum atomic E-state index is -0.911. The van der Waals surface area contributed by atoms with E-state index in [0.717, 1.165) is 17.4 Å². The van der Waals surface area contributed by atoms with E-state index in [0.29, 0.717) is 16.7 Å². The van der Waals surface area contributed by atoms with Gasteiger partial charge >= 0.3 is 5.97 Å². The summed E-state index contributed by atoms with van der Waals surface area (Å²) in [6, 6.07) is 11.1. The molecule has 1 aromatic carbocycles. The molecule has 0 atom stereocenters. The largest absolute Gasteiger partial charge is 0.481 e. The first kappa shape index (κ1) is 13.4. The first-order valence-corrected chi connectivity index (χ1v) is 7.00. The molecule has 0 fully saturated rings. The Morgan fingerprint density at radius 2 is 2.05 bits per heavy atom. The molecule has 3 aromatic rings. The Morgan fingerprint density at radius 3 is 2.71 bits per heavy atom. The van der Waals surface area contributed by atoms with Gasteiger partial charge in [-0.25, -0.2) is 0 Å². The lowest BCUT2D eigenvalue weighted by Gasteiger charge is -2.07. The predicted octanol–water partition coefficient (Wildman–Crippen LogP) is 2.10. The van der Waals surface area contributed by atoms with Crippen molar-refractivity contribution in [3.8, 4) is 17.2 Å². The van der Waals surface area contributed by atoms with Crippen molar-refractivity contribution in [3.05, 3.63) is 42.7 Å². The van der Waals surface area contributed by atoms with E-state index >= 15 is 0 Å². The van der Waals surface area contributed by atoms with E-state index in [2.05, 4.69) is 15.4 Å². The number of aliphatic carboxylic acids is 1. The van der Waals surface area contributed by atoms with Crippen molar-refractivity contribution >= 4 is 17.7 Å². The first-order chi connectivity index (χ1) is 10.3. The highest BCUT2D eigenvalue weighted by molar-refractivity contribution is 7.99. The van der Waals surface area contributed by atoms with Gasteiger partial charge in [0.15, 0.2) is 16.7 Å². The zero-order chi connectivity index (χ0) is 14.7.